The van der Waals surface area contributed by atoms with Crippen molar-refractivity contribution in [3.05, 3.63) is 48.0 Å². The summed E-state index contributed by atoms with van der Waals surface area (Å²) in [4.78, 5) is 6.51. The zero-order valence-electron chi connectivity index (χ0n) is 17.4. The van der Waals surface area contributed by atoms with Gasteiger partial charge < -0.3 is 20.3 Å². The molecule has 1 aromatic heterocycles. The number of nitrogens with one attached hydrogen (secondary N) is 2. The average Bonchev–Trinajstić information content (AvgIpc) is 3.16. The van der Waals surface area contributed by atoms with Crippen molar-refractivity contribution >= 4 is 29.9 Å². The molecule has 0 bridgehead atoms. The predicted octanol–water partition coefficient (Wildman–Crippen LogP) is 2.31. The molecule has 0 fully saturated rings. The van der Waals surface area contributed by atoms with Crippen LogP contribution in [0.1, 0.15) is 12.1 Å². The topological polar surface area (TPSA) is 66.7 Å². The molecule has 2 rings (SSSR count). The predicted molar refractivity (Wildman–Crippen MR) is 126 cm³/mol. The highest BCUT2D eigenvalue weighted by atomic mass is 127. The molecule has 0 spiro atoms. The molecule has 2 N–H and O–H groups in total. The first-order valence-corrected chi connectivity index (χ1v) is 9.55. The maximum atomic E-state index is 13.0. The fourth-order valence-corrected chi connectivity index (χ4v) is 2.72. The Morgan fingerprint density at radius 3 is 2.59 bits per heavy atom. The van der Waals surface area contributed by atoms with Crippen LogP contribution in [0.4, 0.5) is 4.39 Å². The number of aliphatic imine (C=N–C) groups is 1. The lowest BCUT2D eigenvalue weighted by Crippen LogP contribution is -2.41. The molecule has 9 heteroatoms. The second kappa shape index (κ2) is 14.3. The standard InChI is InChI=1S/C20H31FN6O.HI/c1-22-20(24-12-15-26(2)13-4-16-28-3)23-11-9-18-10-14-27(25-18)19-7-5-17(21)6-8-19;/h5-8,10,14H,4,9,11-13,15-16H2,1-3H3,(H2,22,23,24);1H. The molecule has 0 radical (unpaired) electrons. The molecule has 0 saturated heterocycles. The summed E-state index contributed by atoms with van der Waals surface area (Å²) in [7, 11) is 5.59. The highest BCUT2D eigenvalue weighted by Crippen LogP contribution is 2.09. The van der Waals surface area contributed by atoms with Gasteiger partial charge in [-0.25, -0.2) is 9.07 Å². The molecule has 0 aliphatic heterocycles. The van der Waals surface area contributed by atoms with E-state index in [2.05, 4.69) is 32.7 Å². The van der Waals surface area contributed by atoms with Crippen LogP contribution >= 0.6 is 24.0 Å². The lowest BCUT2D eigenvalue weighted by Gasteiger charge is -2.18. The van der Waals surface area contributed by atoms with Crippen LogP contribution < -0.4 is 10.6 Å². The number of methoxy groups -OCH3 is 1. The van der Waals surface area contributed by atoms with Crippen molar-refractivity contribution in [3.63, 3.8) is 0 Å². The van der Waals surface area contributed by atoms with Gasteiger partial charge in [0.15, 0.2) is 5.96 Å². The van der Waals surface area contributed by atoms with E-state index in [0.29, 0.717) is 0 Å². The van der Waals surface area contributed by atoms with E-state index >= 15 is 0 Å². The molecule has 2 aromatic rings. The van der Waals surface area contributed by atoms with Crippen LogP contribution in [0, 0.1) is 5.82 Å². The first-order chi connectivity index (χ1) is 13.6. The summed E-state index contributed by atoms with van der Waals surface area (Å²) < 4.78 is 19.8. The minimum atomic E-state index is -0.250. The number of likely N-dealkylation sites (N-methyl/N-ethyl adjacent to an activating group) is 1. The summed E-state index contributed by atoms with van der Waals surface area (Å²) in [5.41, 5.74) is 1.80. The third kappa shape index (κ3) is 9.55. The third-order valence-corrected chi connectivity index (χ3v) is 4.31. The number of hydrogen-bond acceptors (Lipinski definition) is 4. The number of aromatic nitrogens is 2. The molecule has 0 amide bonds. The van der Waals surface area contributed by atoms with Crippen molar-refractivity contribution in [2.45, 2.75) is 12.8 Å². The maximum Gasteiger partial charge on any atom is 0.191 e. The Hall–Kier alpha value is -1.72. The lowest BCUT2D eigenvalue weighted by molar-refractivity contribution is 0.180. The number of benzene rings is 1. The van der Waals surface area contributed by atoms with Crippen LogP contribution in [0.5, 0.6) is 0 Å². The van der Waals surface area contributed by atoms with E-state index in [4.69, 9.17) is 4.74 Å². The summed E-state index contributed by atoms with van der Waals surface area (Å²) in [6, 6.07) is 8.26. The monoisotopic (exact) mass is 518 g/mol. The zero-order valence-corrected chi connectivity index (χ0v) is 19.7. The van der Waals surface area contributed by atoms with E-state index in [1.807, 2.05) is 12.3 Å². The van der Waals surface area contributed by atoms with Gasteiger partial charge in [-0.15, -0.1) is 24.0 Å². The Balaban J connectivity index is 0.00000420. The maximum absolute atomic E-state index is 13.0. The third-order valence-electron chi connectivity index (χ3n) is 4.31. The van der Waals surface area contributed by atoms with E-state index in [-0.39, 0.29) is 29.8 Å². The van der Waals surface area contributed by atoms with Gasteiger partial charge in [0.2, 0.25) is 0 Å². The van der Waals surface area contributed by atoms with Crippen molar-refractivity contribution in [2.75, 3.05) is 54.0 Å². The van der Waals surface area contributed by atoms with E-state index in [1.54, 1.807) is 31.0 Å². The first kappa shape index (κ1) is 25.3. The van der Waals surface area contributed by atoms with Crippen LogP contribution in [0.15, 0.2) is 41.5 Å². The molecule has 7 nitrogen and oxygen atoms in total. The number of halogens is 2. The van der Waals surface area contributed by atoms with Gasteiger partial charge in [-0.1, -0.05) is 0 Å². The van der Waals surface area contributed by atoms with Crippen molar-refractivity contribution in [2.24, 2.45) is 4.99 Å². The van der Waals surface area contributed by atoms with Crippen molar-refractivity contribution in [1.29, 1.82) is 0 Å². The van der Waals surface area contributed by atoms with Gasteiger partial charge in [0, 0.05) is 59.6 Å². The largest absolute Gasteiger partial charge is 0.385 e. The van der Waals surface area contributed by atoms with Crippen LogP contribution in [0.25, 0.3) is 5.69 Å². The van der Waals surface area contributed by atoms with Crippen LogP contribution in [-0.2, 0) is 11.2 Å². The molecule has 0 unspecified atom stereocenters. The smallest absolute Gasteiger partial charge is 0.191 e. The van der Waals surface area contributed by atoms with Crippen molar-refractivity contribution < 1.29 is 9.13 Å². The number of nitrogens with zero attached hydrogens (tertiary/aromatic N) is 4. The van der Waals surface area contributed by atoms with Gasteiger partial charge in [-0.05, 0) is 43.8 Å². The second-order valence-corrected chi connectivity index (χ2v) is 6.55. The minimum absolute atomic E-state index is 0. The molecule has 0 saturated carbocycles. The molecule has 0 aliphatic rings. The van der Waals surface area contributed by atoms with Crippen molar-refractivity contribution in [1.82, 2.24) is 25.3 Å². The highest BCUT2D eigenvalue weighted by Gasteiger charge is 2.04. The van der Waals surface area contributed by atoms with Gasteiger partial charge in [-0.3, -0.25) is 4.99 Å². The van der Waals surface area contributed by atoms with E-state index < -0.39 is 0 Å². The summed E-state index contributed by atoms with van der Waals surface area (Å²) in [5, 5.41) is 11.2. The first-order valence-electron chi connectivity index (χ1n) is 9.55. The van der Waals surface area contributed by atoms with Gasteiger partial charge in [0.25, 0.3) is 0 Å². The number of hydrogen-bond donors (Lipinski definition) is 2. The Morgan fingerprint density at radius 2 is 1.90 bits per heavy atom. The van der Waals surface area contributed by atoms with Gasteiger partial charge in [0.05, 0.1) is 11.4 Å². The number of ether oxygens (including phenoxy) is 1. The second-order valence-electron chi connectivity index (χ2n) is 6.55. The van der Waals surface area contributed by atoms with Gasteiger partial charge >= 0.3 is 0 Å². The molecule has 29 heavy (non-hydrogen) atoms. The molecular formula is C20H32FIN6O. The molecule has 0 atom stereocenters. The Morgan fingerprint density at radius 1 is 1.17 bits per heavy atom. The quantitative estimate of drug-likeness (QED) is 0.207. The molecule has 0 aliphatic carbocycles. The Bertz CT molecular complexity index is 722. The lowest BCUT2D eigenvalue weighted by atomic mass is 10.3. The number of rotatable bonds is 11. The van der Waals surface area contributed by atoms with Crippen molar-refractivity contribution in [3.8, 4) is 5.69 Å². The summed E-state index contributed by atoms with van der Waals surface area (Å²) in [6.45, 7) is 4.29. The van der Waals surface area contributed by atoms with Gasteiger partial charge in [0.1, 0.15) is 5.82 Å². The van der Waals surface area contributed by atoms with Gasteiger partial charge in [-0.2, -0.15) is 5.10 Å². The fourth-order valence-electron chi connectivity index (χ4n) is 2.72. The summed E-state index contributed by atoms with van der Waals surface area (Å²) in [6.07, 6.45) is 3.69. The van der Waals surface area contributed by atoms with Crippen LogP contribution in [0.3, 0.4) is 0 Å². The van der Waals surface area contributed by atoms with Crippen LogP contribution in [0.2, 0.25) is 0 Å². The Labute approximate surface area is 189 Å². The highest BCUT2D eigenvalue weighted by molar-refractivity contribution is 14.0. The van der Waals surface area contributed by atoms with Crippen LogP contribution in [-0.4, -0.2) is 74.6 Å². The molecule has 162 valence electrons. The summed E-state index contributed by atoms with van der Waals surface area (Å²) in [5.74, 6) is 0.531. The normalized spacial score (nSPS) is 11.4. The molecule has 1 heterocycles. The minimum Gasteiger partial charge on any atom is -0.385 e. The SMILES string of the molecule is CN=C(NCCc1ccn(-c2ccc(F)cc2)n1)NCCN(C)CCCOC.I. The van der Waals surface area contributed by atoms with E-state index in [0.717, 1.165) is 63.0 Å². The molecular weight excluding hydrogens is 486 g/mol. The van der Waals surface area contributed by atoms with E-state index in [1.165, 1.54) is 12.1 Å². The fraction of sp³-hybridized carbons (Fsp3) is 0.500. The number of guanidine groups is 1. The average molecular weight is 518 g/mol. The summed E-state index contributed by atoms with van der Waals surface area (Å²) >= 11 is 0. The zero-order chi connectivity index (χ0) is 20.2. The Kier molecular flexibility index (Phi) is 12.5. The van der Waals surface area contributed by atoms with E-state index in [9.17, 15) is 4.39 Å². The molecule has 1 aromatic carbocycles.